The van der Waals surface area contributed by atoms with E-state index in [-0.39, 0.29) is 5.41 Å². The van der Waals surface area contributed by atoms with Crippen LogP contribution in [0.25, 0.3) is 0 Å². The molecule has 1 saturated heterocycles. The van der Waals surface area contributed by atoms with Gasteiger partial charge < -0.3 is 4.74 Å². The SMILES string of the molecule is C[C@@H]1CN(CC2CC(c3ccc(C(C)(C)C)cc3)C2)C[C@H](C)O1. The summed E-state index contributed by atoms with van der Waals surface area (Å²) >= 11 is 0. The standard InChI is InChI=1S/C21H33NO/c1-15-12-22(13-16(2)23-15)14-17-10-19(11-17)18-6-8-20(9-7-18)21(3,4)5/h6-9,15-17,19H,10-14H2,1-5H3/t15-,16+,17?,19?. The van der Waals surface area contributed by atoms with E-state index < -0.39 is 0 Å². The lowest BCUT2D eigenvalue weighted by atomic mass is 9.70. The van der Waals surface area contributed by atoms with Gasteiger partial charge in [-0.15, -0.1) is 0 Å². The smallest absolute Gasteiger partial charge is 0.0678 e. The Hall–Kier alpha value is -0.860. The predicted molar refractivity (Wildman–Crippen MR) is 97.1 cm³/mol. The third kappa shape index (κ3) is 4.16. The average Bonchev–Trinajstić information content (AvgIpc) is 2.40. The maximum absolute atomic E-state index is 5.84. The molecule has 0 aromatic heterocycles. The molecule has 0 radical (unpaired) electrons. The molecule has 2 nitrogen and oxygen atoms in total. The van der Waals surface area contributed by atoms with Crippen LogP contribution in [0, 0.1) is 5.92 Å². The molecule has 1 aliphatic heterocycles. The van der Waals surface area contributed by atoms with Gasteiger partial charge in [-0.05, 0) is 55.1 Å². The summed E-state index contributed by atoms with van der Waals surface area (Å²) < 4.78 is 5.84. The molecule has 1 aliphatic carbocycles. The van der Waals surface area contributed by atoms with Gasteiger partial charge in [-0.25, -0.2) is 0 Å². The third-order valence-corrected chi connectivity index (χ3v) is 5.50. The summed E-state index contributed by atoms with van der Waals surface area (Å²) in [5, 5.41) is 0. The molecule has 1 saturated carbocycles. The van der Waals surface area contributed by atoms with Crippen molar-refractivity contribution in [3.63, 3.8) is 0 Å². The van der Waals surface area contributed by atoms with E-state index in [9.17, 15) is 0 Å². The van der Waals surface area contributed by atoms with Crippen LogP contribution in [0.4, 0.5) is 0 Å². The molecule has 2 atom stereocenters. The van der Waals surface area contributed by atoms with Gasteiger partial charge in [0, 0.05) is 19.6 Å². The van der Waals surface area contributed by atoms with Crippen LogP contribution in [-0.2, 0) is 10.2 Å². The van der Waals surface area contributed by atoms with Crippen LogP contribution in [0.3, 0.4) is 0 Å². The molecule has 2 aliphatic rings. The number of rotatable bonds is 3. The van der Waals surface area contributed by atoms with Crippen molar-refractivity contribution in [2.24, 2.45) is 5.92 Å². The molecule has 1 aromatic carbocycles. The van der Waals surface area contributed by atoms with E-state index in [2.05, 4.69) is 63.8 Å². The highest BCUT2D eigenvalue weighted by Gasteiger charge is 2.33. The zero-order valence-electron chi connectivity index (χ0n) is 15.5. The second-order valence-corrected chi connectivity index (χ2v) is 8.88. The van der Waals surface area contributed by atoms with E-state index in [0.29, 0.717) is 12.2 Å². The molecule has 2 heteroatoms. The minimum absolute atomic E-state index is 0.254. The van der Waals surface area contributed by atoms with Gasteiger partial charge in [0.05, 0.1) is 12.2 Å². The number of nitrogens with zero attached hydrogens (tertiary/aromatic N) is 1. The Bertz CT molecular complexity index is 500. The van der Waals surface area contributed by atoms with E-state index >= 15 is 0 Å². The minimum atomic E-state index is 0.254. The van der Waals surface area contributed by atoms with Gasteiger partial charge in [0.25, 0.3) is 0 Å². The van der Waals surface area contributed by atoms with Crippen LogP contribution in [0.2, 0.25) is 0 Å². The van der Waals surface area contributed by atoms with Crippen molar-refractivity contribution in [1.29, 1.82) is 0 Å². The quantitative estimate of drug-likeness (QED) is 0.809. The minimum Gasteiger partial charge on any atom is -0.373 e. The lowest BCUT2D eigenvalue weighted by Crippen LogP contribution is -2.48. The normalized spacial score (nSPS) is 32.6. The van der Waals surface area contributed by atoms with Crippen molar-refractivity contribution < 1.29 is 4.74 Å². The lowest BCUT2D eigenvalue weighted by Gasteiger charge is -2.42. The summed E-state index contributed by atoms with van der Waals surface area (Å²) in [6.07, 6.45) is 3.49. The van der Waals surface area contributed by atoms with E-state index in [1.54, 1.807) is 0 Å². The first-order valence-corrected chi connectivity index (χ1v) is 9.29. The van der Waals surface area contributed by atoms with Crippen molar-refractivity contribution >= 4 is 0 Å². The fraction of sp³-hybridized carbons (Fsp3) is 0.714. The van der Waals surface area contributed by atoms with E-state index in [1.165, 1.54) is 30.5 Å². The van der Waals surface area contributed by atoms with Gasteiger partial charge in [-0.3, -0.25) is 4.90 Å². The highest BCUT2D eigenvalue weighted by molar-refractivity contribution is 5.30. The van der Waals surface area contributed by atoms with Crippen molar-refractivity contribution in [2.45, 2.75) is 71.0 Å². The molecular formula is C21H33NO. The monoisotopic (exact) mass is 315 g/mol. The fourth-order valence-corrected chi connectivity index (χ4v) is 4.21. The van der Waals surface area contributed by atoms with Gasteiger partial charge in [-0.2, -0.15) is 0 Å². The largest absolute Gasteiger partial charge is 0.373 e. The Morgan fingerprint density at radius 2 is 1.57 bits per heavy atom. The van der Waals surface area contributed by atoms with Gasteiger partial charge in [0.2, 0.25) is 0 Å². The Kier molecular flexibility index (Phi) is 4.85. The summed E-state index contributed by atoms with van der Waals surface area (Å²) in [4.78, 5) is 2.61. The summed E-state index contributed by atoms with van der Waals surface area (Å²) in [7, 11) is 0. The zero-order chi connectivity index (χ0) is 16.6. The van der Waals surface area contributed by atoms with Crippen molar-refractivity contribution in [1.82, 2.24) is 4.90 Å². The fourth-order valence-electron chi connectivity index (χ4n) is 4.21. The van der Waals surface area contributed by atoms with Crippen LogP contribution in [0.5, 0.6) is 0 Å². The second-order valence-electron chi connectivity index (χ2n) is 8.88. The van der Waals surface area contributed by atoms with Gasteiger partial charge in [-0.1, -0.05) is 45.0 Å². The number of ether oxygens (including phenoxy) is 1. The molecule has 2 fully saturated rings. The first-order valence-electron chi connectivity index (χ1n) is 9.29. The maximum atomic E-state index is 5.84. The first-order chi connectivity index (χ1) is 10.8. The number of hydrogen-bond donors (Lipinski definition) is 0. The molecule has 0 spiro atoms. The maximum Gasteiger partial charge on any atom is 0.0678 e. The molecule has 0 unspecified atom stereocenters. The molecule has 23 heavy (non-hydrogen) atoms. The van der Waals surface area contributed by atoms with Crippen LogP contribution >= 0.6 is 0 Å². The second kappa shape index (κ2) is 6.57. The molecule has 128 valence electrons. The lowest BCUT2D eigenvalue weighted by molar-refractivity contribution is -0.0746. The van der Waals surface area contributed by atoms with Crippen molar-refractivity contribution in [2.75, 3.05) is 19.6 Å². The highest BCUT2D eigenvalue weighted by atomic mass is 16.5. The summed E-state index contributed by atoms with van der Waals surface area (Å²) in [6, 6.07) is 9.38. The zero-order valence-corrected chi connectivity index (χ0v) is 15.5. The topological polar surface area (TPSA) is 12.5 Å². The summed E-state index contributed by atoms with van der Waals surface area (Å²) in [6.45, 7) is 14.7. The van der Waals surface area contributed by atoms with Crippen molar-refractivity contribution in [3.8, 4) is 0 Å². The van der Waals surface area contributed by atoms with Crippen LogP contribution in [0.15, 0.2) is 24.3 Å². The molecule has 0 bridgehead atoms. The Morgan fingerprint density at radius 1 is 1.00 bits per heavy atom. The Balaban J connectivity index is 1.49. The van der Waals surface area contributed by atoms with Crippen LogP contribution < -0.4 is 0 Å². The van der Waals surface area contributed by atoms with Gasteiger partial charge in [0.1, 0.15) is 0 Å². The Labute approximate surface area is 142 Å². The number of morpholine rings is 1. The highest BCUT2D eigenvalue weighted by Crippen LogP contribution is 2.42. The summed E-state index contributed by atoms with van der Waals surface area (Å²) in [5.74, 6) is 1.66. The molecule has 0 amide bonds. The van der Waals surface area contributed by atoms with E-state index in [1.807, 2.05) is 0 Å². The van der Waals surface area contributed by atoms with Crippen LogP contribution in [-0.4, -0.2) is 36.7 Å². The molecular weight excluding hydrogens is 282 g/mol. The van der Waals surface area contributed by atoms with E-state index in [4.69, 9.17) is 4.74 Å². The van der Waals surface area contributed by atoms with E-state index in [0.717, 1.165) is 24.9 Å². The third-order valence-electron chi connectivity index (χ3n) is 5.50. The van der Waals surface area contributed by atoms with Crippen molar-refractivity contribution in [3.05, 3.63) is 35.4 Å². The molecule has 0 N–H and O–H groups in total. The van der Waals surface area contributed by atoms with Gasteiger partial charge in [0.15, 0.2) is 0 Å². The number of hydrogen-bond acceptors (Lipinski definition) is 2. The summed E-state index contributed by atoms with van der Waals surface area (Å²) in [5.41, 5.74) is 3.23. The molecule has 1 heterocycles. The average molecular weight is 316 g/mol. The first kappa shape index (κ1) is 17.0. The van der Waals surface area contributed by atoms with Crippen LogP contribution in [0.1, 0.15) is 64.5 Å². The molecule has 1 aromatic rings. The molecule has 3 rings (SSSR count). The van der Waals surface area contributed by atoms with Gasteiger partial charge >= 0.3 is 0 Å². The predicted octanol–water partition coefficient (Wildman–Crippen LogP) is 4.59. The Morgan fingerprint density at radius 3 is 2.09 bits per heavy atom. The number of benzene rings is 1.